The van der Waals surface area contributed by atoms with Crippen LogP contribution in [0.3, 0.4) is 0 Å². The molecule has 0 amide bonds. The number of rotatable bonds is 40. The van der Waals surface area contributed by atoms with Gasteiger partial charge in [0.25, 0.3) is 0 Å². The number of carbonyl (C=O) groups is 3. The maximum absolute atomic E-state index is 12.7. The summed E-state index contributed by atoms with van der Waals surface area (Å²) in [4.78, 5) is 37.7. The number of hydrogen-bond donors (Lipinski definition) is 0. The monoisotopic (exact) mass is 793 g/mol. The molecule has 0 N–H and O–H groups in total. The Bertz CT molecular complexity index is 1140. The highest BCUT2D eigenvalue weighted by Gasteiger charge is 2.19. The molecule has 0 fully saturated rings. The van der Waals surface area contributed by atoms with Crippen LogP contribution in [0, 0.1) is 0 Å². The first-order valence-electron chi connectivity index (χ1n) is 23.1. The summed E-state index contributed by atoms with van der Waals surface area (Å²) in [5.41, 5.74) is 0. The first kappa shape index (κ1) is 53.6. The topological polar surface area (TPSA) is 78.9 Å². The molecule has 6 heteroatoms. The Kier molecular flexibility index (Phi) is 42.6. The van der Waals surface area contributed by atoms with E-state index in [1.165, 1.54) is 64.2 Å². The highest BCUT2D eigenvalue weighted by atomic mass is 16.6. The predicted molar refractivity (Wildman–Crippen MR) is 242 cm³/mol. The summed E-state index contributed by atoms with van der Waals surface area (Å²) in [5.74, 6) is -1.01. The molecule has 0 saturated heterocycles. The number of ether oxygens (including phenoxy) is 3. The van der Waals surface area contributed by atoms with Crippen LogP contribution < -0.4 is 0 Å². The fourth-order valence-corrected chi connectivity index (χ4v) is 6.00. The fourth-order valence-electron chi connectivity index (χ4n) is 6.00. The Morgan fingerprint density at radius 2 is 0.719 bits per heavy atom. The zero-order chi connectivity index (χ0) is 41.5. The van der Waals surface area contributed by atoms with Crippen LogP contribution in [0.2, 0.25) is 0 Å². The minimum absolute atomic E-state index is 0.108. The Hall–Kier alpha value is -3.41. The summed E-state index contributed by atoms with van der Waals surface area (Å²) < 4.78 is 16.6. The van der Waals surface area contributed by atoms with Gasteiger partial charge < -0.3 is 14.2 Å². The summed E-state index contributed by atoms with van der Waals surface area (Å²) >= 11 is 0. The molecule has 0 rings (SSSR count). The molecule has 0 radical (unpaired) electrons. The smallest absolute Gasteiger partial charge is 0.306 e. The van der Waals surface area contributed by atoms with Crippen LogP contribution in [-0.2, 0) is 28.6 Å². The molecule has 1 atom stereocenters. The molecule has 0 heterocycles. The first-order valence-corrected chi connectivity index (χ1v) is 23.1. The average Bonchev–Trinajstić information content (AvgIpc) is 3.21. The zero-order valence-electron chi connectivity index (χ0n) is 36.8. The summed E-state index contributed by atoms with van der Waals surface area (Å²) in [6.45, 7) is 6.30. The van der Waals surface area contributed by atoms with Gasteiger partial charge in [0, 0.05) is 19.3 Å². The quantitative estimate of drug-likeness (QED) is 0.0266. The number of allylic oxidation sites excluding steroid dienone is 14. The second-order valence-corrected chi connectivity index (χ2v) is 14.9. The minimum Gasteiger partial charge on any atom is -0.462 e. The number of esters is 3. The Morgan fingerprint density at radius 3 is 1.14 bits per heavy atom. The number of unbranched alkanes of at least 4 members (excludes halogenated alkanes) is 15. The zero-order valence-corrected chi connectivity index (χ0v) is 36.8. The predicted octanol–water partition coefficient (Wildman–Crippen LogP) is 14.9. The molecule has 0 aliphatic carbocycles. The summed E-state index contributed by atoms with van der Waals surface area (Å²) in [7, 11) is 0. The van der Waals surface area contributed by atoms with Crippen molar-refractivity contribution in [2.45, 2.75) is 207 Å². The van der Waals surface area contributed by atoms with Crippen LogP contribution in [0.4, 0.5) is 0 Å². The second-order valence-electron chi connectivity index (χ2n) is 14.9. The van der Waals surface area contributed by atoms with Gasteiger partial charge in [-0.25, -0.2) is 0 Å². The lowest BCUT2D eigenvalue weighted by Crippen LogP contribution is -2.30. The molecule has 0 spiro atoms. The van der Waals surface area contributed by atoms with Crippen molar-refractivity contribution in [2.24, 2.45) is 0 Å². The van der Waals surface area contributed by atoms with E-state index in [-0.39, 0.29) is 31.6 Å². The molecule has 0 aliphatic rings. The van der Waals surface area contributed by atoms with Crippen LogP contribution in [0.15, 0.2) is 85.1 Å². The van der Waals surface area contributed by atoms with Gasteiger partial charge in [-0.05, 0) is 77.0 Å². The lowest BCUT2D eigenvalue weighted by Gasteiger charge is -2.18. The van der Waals surface area contributed by atoms with Crippen molar-refractivity contribution < 1.29 is 28.6 Å². The molecular formula is C51H84O6. The van der Waals surface area contributed by atoms with E-state index in [0.29, 0.717) is 19.3 Å². The Morgan fingerprint density at radius 1 is 0.368 bits per heavy atom. The highest BCUT2D eigenvalue weighted by molar-refractivity contribution is 5.71. The molecular weight excluding hydrogens is 709 g/mol. The third-order valence-corrected chi connectivity index (χ3v) is 9.41. The van der Waals surface area contributed by atoms with Crippen molar-refractivity contribution >= 4 is 17.9 Å². The fraction of sp³-hybridized carbons (Fsp3) is 0.667. The van der Waals surface area contributed by atoms with Crippen LogP contribution in [0.1, 0.15) is 201 Å². The van der Waals surface area contributed by atoms with Gasteiger partial charge in [0.15, 0.2) is 6.10 Å². The lowest BCUT2D eigenvalue weighted by molar-refractivity contribution is -0.166. The van der Waals surface area contributed by atoms with Crippen molar-refractivity contribution in [3.63, 3.8) is 0 Å². The van der Waals surface area contributed by atoms with Gasteiger partial charge >= 0.3 is 17.9 Å². The van der Waals surface area contributed by atoms with Gasteiger partial charge in [-0.1, -0.05) is 189 Å². The number of hydrogen-bond acceptors (Lipinski definition) is 6. The third kappa shape index (κ3) is 43.6. The van der Waals surface area contributed by atoms with Crippen LogP contribution >= 0.6 is 0 Å². The van der Waals surface area contributed by atoms with E-state index in [4.69, 9.17) is 14.2 Å². The van der Waals surface area contributed by atoms with Gasteiger partial charge in [-0.2, -0.15) is 0 Å². The van der Waals surface area contributed by atoms with E-state index in [1.807, 2.05) is 12.2 Å². The van der Waals surface area contributed by atoms with E-state index in [2.05, 4.69) is 93.7 Å². The normalized spacial score (nSPS) is 12.8. The van der Waals surface area contributed by atoms with Crippen molar-refractivity contribution in [2.75, 3.05) is 13.2 Å². The second kappa shape index (κ2) is 45.3. The van der Waals surface area contributed by atoms with Crippen molar-refractivity contribution in [3.8, 4) is 0 Å². The van der Waals surface area contributed by atoms with Gasteiger partial charge in [0.05, 0.1) is 0 Å². The Labute approximate surface area is 350 Å². The summed E-state index contributed by atoms with van der Waals surface area (Å²) in [6.07, 6.45) is 57.2. The molecule has 324 valence electrons. The van der Waals surface area contributed by atoms with Gasteiger partial charge in [0.1, 0.15) is 13.2 Å². The Balaban J connectivity index is 4.45. The largest absolute Gasteiger partial charge is 0.462 e. The van der Waals surface area contributed by atoms with Crippen LogP contribution in [0.5, 0.6) is 0 Å². The minimum atomic E-state index is -0.815. The van der Waals surface area contributed by atoms with E-state index in [0.717, 1.165) is 89.9 Å². The average molecular weight is 793 g/mol. The standard InChI is InChI=1S/C51H84O6/c1-4-7-10-13-16-19-21-23-24-25-26-28-29-32-35-38-41-44-50(53)56-47-48(46-55-49(52)43-40-37-34-31-18-15-12-9-6-3)57-51(54)45-42-39-36-33-30-27-22-20-17-14-11-8-5-2/h7-8,10-11,16-17,19-20,23-24,27,30,36,39,48H,4-6,9,12-15,18,21-22,25-26,28-29,31-35,37-38,40-47H2,1-3H3/b10-7-,11-8-,19-16-,20-17-,24-23-,30-27-,39-36-. The molecule has 0 aliphatic heterocycles. The number of carbonyl (C=O) groups excluding carboxylic acids is 3. The van der Waals surface area contributed by atoms with E-state index in [9.17, 15) is 14.4 Å². The van der Waals surface area contributed by atoms with Crippen molar-refractivity contribution in [3.05, 3.63) is 85.1 Å². The molecule has 6 nitrogen and oxygen atoms in total. The van der Waals surface area contributed by atoms with Gasteiger partial charge in [-0.3, -0.25) is 14.4 Å². The van der Waals surface area contributed by atoms with Crippen LogP contribution in [0.25, 0.3) is 0 Å². The third-order valence-electron chi connectivity index (χ3n) is 9.41. The maximum Gasteiger partial charge on any atom is 0.306 e. The molecule has 0 aromatic carbocycles. The van der Waals surface area contributed by atoms with Crippen LogP contribution in [-0.4, -0.2) is 37.2 Å². The molecule has 1 unspecified atom stereocenters. The van der Waals surface area contributed by atoms with Crippen molar-refractivity contribution in [1.29, 1.82) is 0 Å². The SMILES string of the molecule is CC/C=C\C/C=C\C/C=C\C/C=C\CCC(=O)OC(COC(=O)CCCCCCCCC/C=C\C/C=C\C/C=C\CC)COC(=O)CCCCCCCCCCC. The van der Waals surface area contributed by atoms with E-state index < -0.39 is 12.1 Å². The lowest BCUT2D eigenvalue weighted by atomic mass is 10.1. The van der Waals surface area contributed by atoms with E-state index in [1.54, 1.807) is 0 Å². The van der Waals surface area contributed by atoms with Gasteiger partial charge in [-0.15, -0.1) is 0 Å². The maximum atomic E-state index is 12.7. The van der Waals surface area contributed by atoms with Crippen molar-refractivity contribution in [1.82, 2.24) is 0 Å². The summed E-state index contributed by atoms with van der Waals surface area (Å²) in [5, 5.41) is 0. The molecule has 0 aromatic heterocycles. The summed E-state index contributed by atoms with van der Waals surface area (Å²) in [6, 6.07) is 0. The molecule has 57 heavy (non-hydrogen) atoms. The highest BCUT2D eigenvalue weighted by Crippen LogP contribution is 2.13. The molecule has 0 saturated carbocycles. The van der Waals surface area contributed by atoms with E-state index >= 15 is 0 Å². The molecule has 0 bridgehead atoms. The molecule has 0 aromatic rings. The van der Waals surface area contributed by atoms with Gasteiger partial charge in [0.2, 0.25) is 0 Å². The first-order chi connectivity index (χ1) is 28.0.